The lowest BCUT2D eigenvalue weighted by Gasteiger charge is -2.27. The fraction of sp³-hybridized carbons (Fsp3) is 0.227. The van der Waals surface area contributed by atoms with Gasteiger partial charge < -0.3 is 29.4 Å². The van der Waals surface area contributed by atoms with Gasteiger partial charge in [0, 0.05) is 11.6 Å². The quantitative estimate of drug-likeness (QED) is 0.784. The lowest BCUT2D eigenvalue weighted by Crippen LogP contribution is -2.21. The van der Waals surface area contributed by atoms with Crippen molar-refractivity contribution in [3.63, 3.8) is 0 Å². The molecule has 2 aliphatic rings. The Morgan fingerprint density at radius 1 is 1.14 bits per heavy atom. The molecule has 0 radical (unpaired) electrons. The van der Waals surface area contributed by atoms with Gasteiger partial charge in [-0.15, -0.1) is 6.42 Å². The number of nitrogens with two attached hydrogens (primary N) is 1. The molecule has 29 heavy (non-hydrogen) atoms. The van der Waals surface area contributed by atoms with Crippen molar-refractivity contribution in [2.24, 2.45) is 5.73 Å². The number of fused-ring (bicyclic) bond motifs is 2. The smallest absolute Gasteiger partial charge is 0.231 e. The standard InChI is InChI=1S/C22H18N2O5/c1-3-7-26-16-6-5-13(8-18(16)25-4-2)21-14-9-19-20(28-12-27-19)10-17(14)29-22(24)15(21)11-23/h1,5-6,8-10,21H,4,7,12,24H2,2H3/t21-/m0/s1. The molecule has 0 aromatic heterocycles. The van der Waals surface area contributed by atoms with Crippen LogP contribution in [0, 0.1) is 23.7 Å². The van der Waals surface area contributed by atoms with E-state index in [1.165, 1.54) is 0 Å². The fourth-order valence-electron chi connectivity index (χ4n) is 3.40. The Morgan fingerprint density at radius 2 is 1.93 bits per heavy atom. The maximum Gasteiger partial charge on any atom is 0.231 e. The summed E-state index contributed by atoms with van der Waals surface area (Å²) < 4.78 is 27.9. The van der Waals surface area contributed by atoms with Crippen LogP contribution in [0.2, 0.25) is 0 Å². The second-order valence-corrected chi connectivity index (χ2v) is 6.30. The van der Waals surface area contributed by atoms with Gasteiger partial charge in [-0.3, -0.25) is 0 Å². The van der Waals surface area contributed by atoms with E-state index in [0.717, 1.165) is 11.1 Å². The third kappa shape index (κ3) is 3.24. The molecular formula is C22H18N2O5. The predicted molar refractivity (Wildman–Crippen MR) is 104 cm³/mol. The van der Waals surface area contributed by atoms with Gasteiger partial charge in [-0.05, 0) is 30.7 Å². The number of hydrogen-bond donors (Lipinski definition) is 1. The minimum Gasteiger partial charge on any atom is -0.490 e. The second-order valence-electron chi connectivity index (χ2n) is 6.30. The predicted octanol–water partition coefficient (Wildman–Crippen LogP) is 3.04. The van der Waals surface area contributed by atoms with E-state index in [4.69, 9.17) is 35.8 Å². The first-order chi connectivity index (χ1) is 14.2. The van der Waals surface area contributed by atoms with Gasteiger partial charge in [0.15, 0.2) is 23.0 Å². The van der Waals surface area contributed by atoms with Gasteiger partial charge in [0.05, 0.1) is 12.5 Å². The lowest BCUT2D eigenvalue weighted by molar-refractivity contribution is 0.174. The summed E-state index contributed by atoms with van der Waals surface area (Å²) in [5.41, 5.74) is 7.90. The minimum absolute atomic E-state index is 0.0504. The van der Waals surface area contributed by atoms with E-state index in [-0.39, 0.29) is 19.3 Å². The number of allylic oxidation sites excluding steroid dienone is 1. The van der Waals surface area contributed by atoms with E-state index in [9.17, 15) is 5.26 Å². The SMILES string of the molecule is C#CCOc1ccc([C@@H]2C(C#N)=C(N)Oc3cc4c(cc32)OCO4)cc1OCC. The Labute approximate surface area is 168 Å². The zero-order chi connectivity index (χ0) is 20.4. The molecule has 0 fully saturated rings. The highest BCUT2D eigenvalue weighted by atomic mass is 16.7. The number of rotatable bonds is 5. The average Bonchev–Trinajstić information content (AvgIpc) is 3.18. The first-order valence-corrected chi connectivity index (χ1v) is 9.00. The molecule has 2 N–H and O–H groups in total. The summed E-state index contributed by atoms with van der Waals surface area (Å²) in [5.74, 6) is 4.77. The monoisotopic (exact) mass is 390 g/mol. The van der Waals surface area contributed by atoms with Crippen molar-refractivity contribution >= 4 is 0 Å². The molecule has 4 rings (SSSR count). The Hall–Kier alpha value is -3.97. The summed E-state index contributed by atoms with van der Waals surface area (Å²) in [7, 11) is 0. The number of ether oxygens (including phenoxy) is 5. The van der Waals surface area contributed by atoms with Gasteiger partial charge >= 0.3 is 0 Å². The van der Waals surface area contributed by atoms with Crippen LogP contribution in [0.25, 0.3) is 0 Å². The molecule has 1 atom stereocenters. The van der Waals surface area contributed by atoms with Crippen molar-refractivity contribution in [1.82, 2.24) is 0 Å². The van der Waals surface area contributed by atoms with Gasteiger partial charge in [-0.2, -0.15) is 5.26 Å². The summed E-state index contributed by atoms with van der Waals surface area (Å²) in [4.78, 5) is 0. The van der Waals surface area contributed by atoms with Crippen molar-refractivity contribution in [1.29, 1.82) is 5.26 Å². The Kier molecular flexibility index (Phi) is 4.80. The fourth-order valence-corrected chi connectivity index (χ4v) is 3.40. The maximum absolute atomic E-state index is 9.75. The molecule has 7 heteroatoms. The van der Waals surface area contributed by atoms with E-state index in [2.05, 4.69) is 12.0 Å². The topological polar surface area (TPSA) is 96.0 Å². The van der Waals surface area contributed by atoms with Crippen LogP contribution >= 0.6 is 0 Å². The number of terminal acetylenes is 1. The largest absolute Gasteiger partial charge is 0.490 e. The van der Waals surface area contributed by atoms with Crippen LogP contribution in [0.3, 0.4) is 0 Å². The minimum atomic E-state index is -0.459. The van der Waals surface area contributed by atoms with E-state index >= 15 is 0 Å². The molecule has 7 nitrogen and oxygen atoms in total. The van der Waals surface area contributed by atoms with Gasteiger partial charge in [-0.1, -0.05) is 12.0 Å². The molecule has 0 bridgehead atoms. The first kappa shape index (κ1) is 18.4. The van der Waals surface area contributed by atoms with E-state index in [1.807, 2.05) is 25.1 Å². The van der Waals surface area contributed by atoms with Gasteiger partial charge in [0.2, 0.25) is 12.7 Å². The van der Waals surface area contributed by atoms with Gasteiger partial charge in [-0.25, -0.2) is 0 Å². The van der Waals surface area contributed by atoms with Crippen molar-refractivity contribution in [3.05, 3.63) is 52.9 Å². The molecule has 0 saturated heterocycles. The van der Waals surface area contributed by atoms with Gasteiger partial charge in [0.1, 0.15) is 24.0 Å². The zero-order valence-electron chi connectivity index (χ0n) is 15.7. The summed E-state index contributed by atoms with van der Waals surface area (Å²) in [6.45, 7) is 2.58. The molecule has 0 saturated carbocycles. The number of benzene rings is 2. The van der Waals surface area contributed by atoms with E-state index < -0.39 is 5.92 Å². The Morgan fingerprint density at radius 3 is 2.66 bits per heavy atom. The van der Waals surface area contributed by atoms with Crippen LogP contribution in [0.5, 0.6) is 28.7 Å². The van der Waals surface area contributed by atoms with Crippen LogP contribution in [-0.4, -0.2) is 20.0 Å². The van der Waals surface area contributed by atoms with Crippen LogP contribution in [0.4, 0.5) is 0 Å². The summed E-state index contributed by atoms with van der Waals surface area (Å²) >= 11 is 0. The third-order valence-corrected chi connectivity index (χ3v) is 4.62. The second kappa shape index (κ2) is 7.57. The van der Waals surface area contributed by atoms with Gasteiger partial charge in [0.25, 0.3) is 0 Å². The van der Waals surface area contributed by atoms with Crippen LogP contribution in [-0.2, 0) is 0 Å². The molecule has 0 spiro atoms. The lowest BCUT2D eigenvalue weighted by atomic mass is 9.83. The molecular weight excluding hydrogens is 372 g/mol. The highest BCUT2D eigenvalue weighted by Crippen LogP contribution is 2.48. The summed E-state index contributed by atoms with van der Waals surface area (Å²) in [6, 6.07) is 11.1. The maximum atomic E-state index is 9.75. The molecule has 146 valence electrons. The highest BCUT2D eigenvalue weighted by molar-refractivity contribution is 5.62. The van der Waals surface area contributed by atoms with Crippen molar-refractivity contribution in [2.75, 3.05) is 20.0 Å². The summed E-state index contributed by atoms with van der Waals surface area (Å²) in [5, 5.41) is 9.75. The molecule has 0 unspecified atom stereocenters. The number of nitrogens with zero attached hydrogens (tertiary/aromatic N) is 1. The number of hydrogen-bond acceptors (Lipinski definition) is 7. The Bertz CT molecular complexity index is 1080. The molecule has 0 aliphatic carbocycles. The third-order valence-electron chi connectivity index (χ3n) is 4.62. The van der Waals surface area contributed by atoms with Crippen molar-refractivity contribution in [3.8, 4) is 47.2 Å². The first-order valence-electron chi connectivity index (χ1n) is 9.00. The summed E-state index contributed by atoms with van der Waals surface area (Å²) in [6.07, 6.45) is 5.29. The van der Waals surface area contributed by atoms with Crippen molar-refractivity contribution in [2.45, 2.75) is 12.8 Å². The molecule has 2 aromatic carbocycles. The highest BCUT2D eigenvalue weighted by Gasteiger charge is 2.33. The molecule has 2 aromatic rings. The number of nitriles is 1. The van der Waals surface area contributed by atoms with Crippen LogP contribution in [0.15, 0.2) is 41.8 Å². The average molecular weight is 390 g/mol. The van der Waals surface area contributed by atoms with Crippen molar-refractivity contribution < 1.29 is 23.7 Å². The van der Waals surface area contributed by atoms with E-state index in [1.54, 1.807) is 12.1 Å². The van der Waals surface area contributed by atoms with Crippen LogP contribution in [0.1, 0.15) is 24.0 Å². The molecule has 2 aliphatic heterocycles. The Balaban J connectivity index is 1.84. The normalized spacial score (nSPS) is 16.3. The van der Waals surface area contributed by atoms with E-state index in [0.29, 0.717) is 40.9 Å². The van der Waals surface area contributed by atoms with Crippen LogP contribution < -0.4 is 29.4 Å². The molecule has 2 heterocycles. The molecule has 0 amide bonds. The zero-order valence-corrected chi connectivity index (χ0v) is 15.7.